The molecule has 0 aliphatic heterocycles. The Balaban J connectivity index is 1.05. The molecule has 0 aliphatic carbocycles. The lowest BCUT2D eigenvalue weighted by atomic mass is 9.96. The fraction of sp³-hybridized carbons (Fsp3) is 0.375. The van der Waals surface area contributed by atoms with Gasteiger partial charge in [0.05, 0.1) is 34.2 Å². The Hall–Kier alpha value is -7.79. The molecule has 73 heavy (non-hydrogen) atoms. The van der Waals surface area contributed by atoms with E-state index in [0.717, 1.165) is 50.2 Å². The van der Waals surface area contributed by atoms with E-state index < -0.39 is 17.4 Å². The second-order valence-corrected chi connectivity index (χ2v) is 21.2. The Kier molecular flexibility index (Phi) is 14.9. The van der Waals surface area contributed by atoms with Crippen LogP contribution >= 0.6 is 0 Å². The molecule has 0 unspecified atom stereocenters. The van der Waals surface area contributed by atoms with Gasteiger partial charge in [-0.2, -0.15) is 4.98 Å². The van der Waals surface area contributed by atoms with Gasteiger partial charge in [0.15, 0.2) is 11.6 Å². The van der Waals surface area contributed by atoms with E-state index in [9.17, 15) is 4.79 Å². The predicted molar refractivity (Wildman–Crippen MR) is 281 cm³/mol. The molecule has 0 spiro atoms. The van der Waals surface area contributed by atoms with E-state index in [1.807, 2.05) is 95.5 Å². The predicted octanol–water partition coefficient (Wildman–Crippen LogP) is 11.2. The highest BCUT2D eigenvalue weighted by Crippen LogP contribution is 2.30. The number of pyridine rings is 2. The van der Waals surface area contributed by atoms with Crippen LogP contribution in [0, 0.1) is 13.8 Å². The van der Waals surface area contributed by atoms with Crippen LogP contribution in [0.1, 0.15) is 169 Å². The molecule has 17 heteroatoms. The lowest BCUT2D eigenvalue weighted by Gasteiger charge is -2.19. The maximum Gasteiger partial charge on any atom is 0.445 e. The summed E-state index contributed by atoms with van der Waals surface area (Å²) < 4.78 is 12.0. The molecule has 8 aromatic rings. The molecule has 0 fully saturated rings. The van der Waals surface area contributed by atoms with Gasteiger partial charge in [-0.25, -0.2) is 34.4 Å². The van der Waals surface area contributed by atoms with Crippen molar-refractivity contribution in [3.05, 3.63) is 154 Å². The van der Waals surface area contributed by atoms with Crippen LogP contribution in [0.25, 0.3) is 22.5 Å². The number of hydrogen-bond donors (Lipinski definition) is 3. The highest BCUT2D eigenvalue weighted by molar-refractivity contribution is 5.89. The van der Waals surface area contributed by atoms with E-state index in [-0.39, 0.29) is 29.2 Å². The zero-order valence-corrected chi connectivity index (χ0v) is 44.4. The SMILES string of the molecule is Cc1cc(-c2ccnc(N(c3ccc(C(C)C)cn3)[n+]3oc(C(=O)N[C@H](C)c4ccc(-c5ccnc(Nc6ccc(C(C)C)cn6)n5)cc4C)nc3C(C)(C)C)n2)ccc1[C@@H](C)NCc1nc(C(C)(C)C)no1. The molecule has 1 amide bonds. The maximum atomic E-state index is 14.3. The van der Waals surface area contributed by atoms with Crippen molar-refractivity contribution in [3.8, 4) is 22.5 Å². The summed E-state index contributed by atoms with van der Waals surface area (Å²) in [6.07, 6.45) is 7.12. The Labute approximate surface area is 427 Å². The zero-order valence-electron chi connectivity index (χ0n) is 44.4. The minimum Gasteiger partial charge on any atom is -0.339 e. The minimum absolute atomic E-state index is 0.00230. The summed E-state index contributed by atoms with van der Waals surface area (Å²) in [6, 6.07) is 23.5. The molecule has 3 N–H and O–H groups in total. The van der Waals surface area contributed by atoms with Crippen LogP contribution in [0.3, 0.4) is 0 Å². The summed E-state index contributed by atoms with van der Waals surface area (Å²) in [6.45, 7) is 29.3. The van der Waals surface area contributed by atoms with E-state index >= 15 is 0 Å². The van der Waals surface area contributed by atoms with Crippen LogP contribution < -0.4 is 25.8 Å². The monoisotopic (exact) mass is 984 g/mol. The molecule has 0 radical (unpaired) electrons. The second kappa shape index (κ2) is 21.1. The molecule has 8 rings (SSSR count). The van der Waals surface area contributed by atoms with Gasteiger partial charge >= 0.3 is 17.6 Å². The Morgan fingerprint density at radius 2 is 1.29 bits per heavy atom. The molecule has 17 nitrogen and oxygen atoms in total. The van der Waals surface area contributed by atoms with Crippen molar-refractivity contribution in [2.75, 3.05) is 10.3 Å². The Bertz CT molecular complexity index is 3200. The summed E-state index contributed by atoms with van der Waals surface area (Å²) in [5, 5.41) is 15.7. The normalized spacial score (nSPS) is 12.8. The third-order valence-corrected chi connectivity index (χ3v) is 12.6. The number of anilines is 4. The van der Waals surface area contributed by atoms with Gasteiger partial charge in [0.2, 0.25) is 11.8 Å². The zero-order chi connectivity index (χ0) is 52.4. The van der Waals surface area contributed by atoms with Crippen LogP contribution in [0.5, 0.6) is 0 Å². The molecule has 0 saturated carbocycles. The largest absolute Gasteiger partial charge is 0.445 e. The van der Waals surface area contributed by atoms with Gasteiger partial charge in [-0.05, 0) is 130 Å². The van der Waals surface area contributed by atoms with Crippen LogP contribution in [0.4, 0.5) is 23.5 Å². The summed E-state index contributed by atoms with van der Waals surface area (Å²) in [7, 11) is 0. The molecule has 6 heterocycles. The van der Waals surface area contributed by atoms with Crippen molar-refractivity contribution >= 4 is 29.4 Å². The van der Waals surface area contributed by atoms with Crippen molar-refractivity contribution in [2.24, 2.45) is 0 Å². The van der Waals surface area contributed by atoms with Crippen LogP contribution in [-0.4, -0.2) is 50.9 Å². The van der Waals surface area contributed by atoms with Crippen molar-refractivity contribution in [3.63, 3.8) is 0 Å². The molecule has 0 aliphatic rings. The number of rotatable bonds is 16. The number of aryl methyl sites for hydroxylation is 2. The fourth-order valence-corrected chi connectivity index (χ4v) is 8.19. The topological polar surface area (TPSA) is 203 Å². The van der Waals surface area contributed by atoms with Gasteiger partial charge < -0.3 is 20.5 Å². The summed E-state index contributed by atoms with van der Waals surface area (Å²) in [4.78, 5) is 53.7. The van der Waals surface area contributed by atoms with E-state index in [0.29, 0.717) is 53.3 Å². The van der Waals surface area contributed by atoms with E-state index in [1.54, 1.807) is 17.4 Å². The van der Waals surface area contributed by atoms with Gasteiger partial charge in [0.25, 0.3) is 5.95 Å². The molecule has 378 valence electrons. The summed E-state index contributed by atoms with van der Waals surface area (Å²) >= 11 is 0. The van der Waals surface area contributed by atoms with Gasteiger partial charge in [0.1, 0.15) is 5.82 Å². The number of amides is 1. The molecular formula is C56H67N14O3+. The van der Waals surface area contributed by atoms with E-state index in [1.165, 1.54) is 4.85 Å². The molecule has 6 aromatic heterocycles. The average Bonchev–Trinajstić information content (AvgIpc) is 4.03. The number of carbonyl (C=O) groups is 1. The summed E-state index contributed by atoms with van der Waals surface area (Å²) in [5.74, 6) is 3.51. The summed E-state index contributed by atoms with van der Waals surface area (Å²) in [5.41, 5.74) is 8.69. The Morgan fingerprint density at radius 1 is 0.671 bits per heavy atom. The van der Waals surface area contributed by atoms with E-state index in [2.05, 4.69) is 123 Å². The van der Waals surface area contributed by atoms with Crippen LogP contribution in [0.2, 0.25) is 0 Å². The number of nitrogens with zero attached hydrogens (tertiary/aromatic N) is 11. The lowest BCUT2D eigenvalue weighted by Crippen LogP contribution is -2.56. The number of nitrogens with one attached hydrogen (secondary N) is 3. The number of carbonyl (C=O) groups excluding carboxylic acids is 1. The standard InChI is InChI=1S/C56H66N14O3/c1-32(2)40-17-21-46(60-29-40)65-53-57-25-23-44(63-53)38-16-20-43(35(6)28-38)37(8)62-49(71)50-67-52(56(12,13)14)70(73-50)69(47-22-18-41(30-61-47)33(3)4)54-58-26-24-45(64-54)39-15-19-42(34(5)27-39)36(7)59-31-48-66-51(68-72-48)55(9,10)11/h15-30,32-33,36-37,59H,31H2,1-14H3,(H-,57,60,62,63,65,71)/p+1/t36-,37-/m1/s1. The minimum atomic E-state index is -0.616. The van der Waals surface area contributed by atoms with Gasteiger partial charge in [0, 0.05) is 52.4 Å². The number of benzene rings is 2. The Morgan fingerprint density at radius 3 is 1.85 bits per heavy atom. The third-order valence-electron chi connectivity index (χ3n) is 12.6. The van der Waals surface area contributed by atoms with Gasteiger partial charge in [-0.1, -0.05) is 95.0 Å². The van der Waals surface area contributed by atoms with Crippen molar-refractivity contribution in [1.29, 1.82) is 0 Å². The molecule has 0 saturated heterocycles. The molecule has 0 bridgehead atoms. The smallest absolute Gasteiger partial charge is 0.339 e. The van der Waals surface area contributed by atoms with E-state index in [4.69, 9.17) is 34.0 Å². The first-order valence-corrected chi connectivity index (χ1v) is 24.8. The lowest BCUT2D eigenvalue weighted by molar-refractivity contribution is -0.855. The number of hydrogen-bond acceptors (Lipinski definition) is 15. The van der Waals surface area contributed by atoms with Gasteiger partial charge in [-0.15, -0.1) is 0 Å². The first kappa shape index (κ1) is 51.6. The highest BCUT2D eigenvalue weighted by atomic mass is 16.5. The highest BCUT2D eigenvalue weighted by Gasteiger charge is 2.42. The number of aromatic nitrogens is 10. The van der Waals surface area contributed by atoms with Crippen molar-refractivity contribution in [1.82, 2.24) is 55.7 Å². The molecule has 2 atom stereocenters. The molecular weight excluding hydrogens is 917 g/mol. The maximum absolute atomic E-state index is 14.3. The first-order valence-electron chi connectivity index (χ1n) is 24.8. The van der Waals surface area contributed by atoms with Gasteiger partial charge in [-0.3, -0.25) is 4.79 Å². The van der Waals surface area contributed by atoms with Crippen molar-refractivity contribution < 1.29 is 18.7 Å². The average molecular weight is 984 g/mol. The fourth-order valence-electron chi connectivity index (χ4n) is 8.19. The molecule has 2 aromatic carbocycles. The quantitative estimate of drug-likeness (QED) is 0.0771. The third kappa shape index (κ3) is 11.9. The van der Waals surface area contributed by atoms with Crippen LogP contribution in [0.15, 0.2) is 107 Å². The first-order chi connectivity index (χ1) is 34.6. The van der Waals surface area contributed by atoms with Crippen LogP contribution in [-0.2, 0) is 17.4 Å². The van der Waals surface area contributed by atoms with Crippen molar-refractivity contribution in [2.45, 2.75) is 138 Å². The second-order valence-electron chi connectivity index (χ2n) is 21.2.